The van der Waals surface area contributed by atoms with E-state index in [1.807, 2.05) is 0 Å². The van der Waals surface area contributed by atoms with Crippen molar-refractivity contribution in [2.45, 2.75) is 39.8 Å². The van der Waals surface area contributed by atoms with Gasteiger partial charge in [-0.25, -0.2) is 0 Å². The third-order valence-corrected chi connectivity index (χ3v) is 5.67. The maximum atomic E-state index is 5.16. The van der Waals surface area contributed by atoms with Crippen LogP contribution in [0.25, 0.3) is 10.8 Å². The van der Waals surface area contributed by atoms with Crippen molar-refractivity contribution in [1.29, 1.82) is 0 Å². The van der Waals surface area contributed by atoms with Crippen molar-refractivity contribution in [3.63, 3.8) is 0 Å². The Morgan fingerprint density at radius 2 is 1.56 bits per heavy atom. The summed E-state index contributed by atoms with van der Waals surface area (Å²) in [5.41, 5.74) is 2.70. The Morgan fingerprint density at radius 3 is 2.26 bits per heavy atom. The number of aliphatic imine (C=N–C) groups is 1. The third-order valence-electron chi connectivity index (χ3n) is 5.67. The molecule has 0 N–H and O–H groups in total. The first-order valence-corrected chi connectivity index (χ1v) is 9.82. The normalized spacial score (nSPS) is 18.6. The average Bonchev–Trinajstić information content (AvgIpc) is 3.13. The molecule has 3 aromatic carbocycles. The predicted octanol–water partition coefficient (Wildman–Crippen LogP) is 6.08. The molecule has 0 aliphatic carbocycles. The molecule has 0 saturated heterocycles. The van der Waals surface area contributed by atoms with Gasteiger partial charge in [0, 0.05) is 12.1 Å². The van der Waals surface area contributed by atoms with Gasteiger partial charge in [0.05, 0.1) is 12.1 Å². The molecule has 0 fully saturated rings. The first-order valence-electron chi connectivity index (χ1n) is 9.82. The summed E-state index contributed by atoms with van der Waals surface area (Å²) in [6, 6.07) is 26.6. The molecule has 1 aliphatic rings. The lowest BCUT2D eigenvalue weighted by Gasteiger charge is -2.31. The largest absolute Gasteiger partial charge is 0.347 e. The third kappa shape index (κ3) is 3.49. The van der Waals surface area contributed by atoms with Crippen LogP contribution in [-0.2, 0) is 0 Å². The van der Waals surface area contributed by atoms with E-state index < -0.39 is 0 Å². The Balaban J connectivity index is 1.72. The van der Waals surface area contributed by atoms with Crippen molar-refractivity contribution in [3.8, 4) is 0 Å². The van der Waals surface area contributed by atoms with Gasteiger partial charge in [-0.15, -0.1) is 0 Å². The molecule has 2 nitrogen and oxygen atoms in total. The molecule has 0 unspecified atom stereocenters. The summed E-state index contributed by atoms with van der Waals surface area (Å²) >= 11 is 0. The highest BCUT2D eigenvalue weighted by Gasteiger charge is 2.36. The zero-order chi connectivity index (χ0) is 19.0. The zero-order valence-electron chi connectivity index (χ0n) is 16.7. The van der Waals surface area contributed by atoms with Gasteiger partial charge in [-0.05, 0) is 34.7 Å². The second-order valence-electron chi connectivity index (χ2n) is 8.64. The molecule has 27 heavy (non-hydrogen) atoms. The molecule has 1 aliphatic heterocycles. The van der Waals surface area contributed by atoms with Gasteiger partial charge >= 0.3 is 0 Å². The van der Waals surface area contributed by atoms with Crippen LogP contribution in [0.2, 0.25) is 0 Å². The molecule has 2 heteroatoms. The monoisotopic (exact) mass is 356 g/mol. The summed E-state index contributed by atoms with van der Waals surface area (Å²) in [4.78, 5) is 7.64. The fourth-order valence-electron chi connectivity index (χ4n) is 3.82. The summed E-state index contributed by atoms with van der Waals surface area (Å²) in [5.74, 6) is 1.12. The molecular weight excluding hydrogens is 328 g/mol. The minimum absolute atomic E-state index is 0.151. The molecule has 1 heterocycles. The fraction of sp³-hybridized carbons (Fsp3) is 0.320. The van der Waals surface area contributed by atoms with Crippen molar-refractivity contribution >= 4 is 16.6 Å². The topological polar surface area (TPSA) is 15.6 Å². The highest BCUT2D eigenvalue weighted by molar-refractivity contribution is 6.00. The number of benzene rings is 3. The van der Waals surface area contributed by atoms with Gasteiger partial charge in [-0.1, -0.05) is 87.5 Å². The van der Waals surface area contributed by atoms with Gasteiger partial charge in [0.25, 0.3) is 0 Å². The molecule has 0 aromatic heterocycles. The predicted molar refractivity (Wildman–Crippen MR) is 115 cm³/mol. The van der Waals surface area contributed by atoms with E-state index in [4.69, 9.17) is 4.99 Å². The molecule has 3 aromatic rings. The van der Waals surface area contributed by atoms with Crippen LogP contribution in [0.4, 0.5) is 0 Å². The number of nitrogens with zero attached hydrogens (tertiary/aromatic N) is 2. The van der Waals surface area contributed by atoms with Crippen LogP contribution in [0, 0.1) is 5.41 Å². The second kappa shape index (κ2) is 6.84. The summed E-state index contributed by atoms with van der Waals surface area (Å²) in [6.45, 7) is 10.1. The summed E-state index contributed by atoms with van der Waals surface area (Å²) in [7, 11) is 0. The van der Waals surface area contributed by atoms with Crippen molar-refractivity contribution in [2.75, 3.05) is 6.54 Å². The smallest absolute Gasteiger partial charge is 0.131 e. The Morgan fingerprint density at radius 1 is 0.889 bits per heavy atom. The first-order chi connectivity index (χ1) is 12.9. The van der Waals surface area contributed by atoms with Crippen LogP contribution in [-0.4, -0.2) is 23.3 Å². The number of hydrogen-bond donors (Lipinski definition) is 0. The van der Waals surface area contributed by atoms with Gasteiger partial charge < -0.3 is 4.90 Å². The van der Waals surface area contributed by atoms with E-state index in [2.05, 4.69) is 105 Å². The van der Waals surface area contributed by atoms with Crippen LogP contribution >= 0.6 is 0 Å². The Hall–Kier alpha value is -2.61. The molecule has 138 valence electrons. The zero-order valence-corrected chi connectivity index (χ0v) is 16.7. The molecule has 0 radical (unpaired) electrons. The lowest BCUT2D eigenvalue weighted by atomic mass is 9.87. The highest BCUT2D eigenvalue weighted by atomic mass is 15.3. The van der Waals surface area contributed by atoms with E-state index in [0.717, 1.165) is 12.4 Å². The molecule has 0 spiro atoms. The molecule has 4 rings (SSSR count). The van der Waals surface area contributed by atoms with E-state index in [-0.39, 0.29) is 11.5 Å². The van der Waals surface area contributed by atoms with Gasteiger partial charge in [0.2, 0.25) is 0 Å². The summed E-state index contributed by atoms with van der Waals surface area (Å²) < 4.78 is 0. The molecule has 0 amide bonds. The average molecular weight is 357 g/mol. The van der Waals surface area contributed by atoms with Crippen LogP contribution in [0.15, 0.2) is 77.8 Å². The Kier molecular flexibility index (Phi) is 4.51. The van der Waals surface area contributed by atoms with Crippen molar-refractivity contribution < 1.29 is 0 Å². The SMILES string of the molecule is C[C@H](c1ccc2ccccc2c1)N1C[C@H](C(C)(C)C)N=C1c1ccccc1. The van der Waals surface area contributed by atoms with Crippen molar-refractivity contribution in [3.05, 3.63) is 83.9 Å². The summed E-state index contributed by atoms with van der Waals surface area (Å²) in [5, 5.41) is 2.59. The van der Waals surface area contributed by atoms with E-state index in [0.29, 0.717) is 6.04 Å². The maximum Gasteiger partial charge on any atom is 0.131 e. The minimum atomic E-state index is 0.151. The van der Waals surface area contributed by atoms with Crippen molar-refractivity contribution in [2.24, 2.45) is 10.4 Å². The Labute approximate surface area is 162 Å². The quantitative estimate of drug-likeness (QED) is 0.555. The van der Waals surface area contributed by atoms with Crippen LogP contribution < -0.4 is 0 Å². The van der Waals surface area contributed by atoms with Crippen LogP contribution in [0.1, 0.15) is 44.9 Å². The Bertz CT molecular complexity index is 966. The maximum absolute atomic E-state index is 5.16. The number of hydrogen-bond acceptors (Lipinski definition) is 2. The van der Waals surface area contributed by atoms with E-state index >= 15 is 0 Å². The van der Waals surface area contributed by atoms with Crippen LogP contribution in [0.5, 0.6) is 0 Å². The summed E-state index contributed by atoms with van der Waals surface area (Å²) in [6.07, 6.45) is 0. The lowest BCUT2D eigenvalue weighted by molar-refractivity contribution is 0.263. The molecule has 0 bridgehead atoms. The number of amidine groups is 1. The number of fused-ring (bicyclic) bond motifs is 1. The fourth-order valence-corrected chi connectivity index (χ4v) is 3.82. The molecular formula is C25H28N2. The van der Waals surface area contributed by atoms with Gasteiger partial charge in [-0.2, -0.15) is 0 Å². The van der Waals surface area contributed by atoms with Gasteiger partial charge in [0.1, 0.15) is 5.84 Å². The van der Waals surface area contributed by atoms with Gasteiger partial charge in [-0.3, -0.25) is 4.99 Å². The van der Waals surface area contributed by atoms with Crippen molar-refractivity contribution in [1.82, 2.24) is 4.90 Å². The highest BCUT2D eigenvalue weighted by Crippen LogP contribution is 2.34. The van der Waals surface area contributed by atoms with E-state index in [1.165, 1.54) is 21.9 Å². The molecule has 0 saturated carbocycles. The number of rotatable bonds is 3. The minimum Gasteiger partial charge on any atom is -0.347 e. The molecule has 2 atom stereocenters. The standard InChI is InChI=1S/C25H28N2/c1-18(21-15-14-19-10-8-9-13-22(19)16-21)27-17-23(25(2,3)4)26-24(27)20-11-6-5-7-12-20/h5-16,18,23H,17H2,1-4H3/t18-,23-/m1/s1. The van der Waals surface area contributed by atoms with Gasteiger partial charge in [0.15, 0.2) is 0 Å². The van der Waals surface area contributed by atoms with E-state index in [1.54, 1.807) is 0 Å². The second-order valence-corrected chi connectivity index (χ2v) is 8.64. The lowest BCUT2D eigenvalue weighted by Crippen LogP contribution is -2.35. The van der Waals surface area contributed by atoms with Crippen LogP contribution in [0.3, 0.4) is 0 Å². The first kappa shape index (κ1) is 17.8. The van der Waals surface area contributed by atoms with E-state index in [9.17, 15) is 0 Å².